The maximum atomic E-state index is 12.0. The standard InChI is InChI=1S/C12H13N5O5/c18-3-5-7(19)8(20)11(22-5)17-4-14-6-9(21)15-12-13-1-2-16(12)10(6)17/h1-2,4-5,7-8,11,18-20H,3H2,(H,13,15,21)/t5-,7-,8-,11-/m1/s1. The van der Waals surface area contributed by atoms with Crippen LogP contribution < -0.4 is 5.56 Å². The number of aliphatic hydroxyl groups is 3. The van der Waals surface area contributed by atoms with Gasteiger partial charge in [0.2, 0.25) is 5.78 Å². The van der Waals surface area contributed by atoms with Crippen LogP contribution in [0.2, 0.25) is 0 Å². The van der Waals surface area contributed by atoms with Gasteiger partial charge in [0, 0.05) is 12.4 Å². The minimum atomic E-state index is -1.26. The summed E-state index contributed by atoms with van der Waals surface area (Å²) in [5.41, 5.74) is 0.119. The molecular weight excluding hydrogens is 294 g/mol. The Morgan fingerprint density at radius 2 is 2.14 bits per heavy atom. The van der Waals surface area contributed by atoms with Gasteiger partial charge in [0.1, 0.15) is 18.3 Å². The van der Waals surface area contributed by atoms with Crippen LogP contribution in [-0.4, -0.2) is 64.2 Å². The molecule has 0 unspecified atom stereocenters. The van der Waals surface area contributed by atoms with E-state index in [2.05, 4.69) is 15.0 Å². The van der Waals surface area contributed by atoms with Crippen molar-refractivity contribution < 1.29 is 20.1 Å². The minimum Gasteiger partial charge on any atom is -0.394 e. The Morgan fingerprint density at radius 3 is 2.86 bits per heavy atom. The molecule has 1 aliphatic heterocycles. The van der Waals surface area contributed by atoms with E-state index in [1.165, 1.54) is 17.1 Å². The third kappa shape index (κ3) is 1.66. The van der Waals surface area contributed by atoms with Crippen molar-refractivity contribution in [1.82, 2.24) is 23.9 Å². The SMILES string of the molecule is O=c1[nH]c2nccn2c2c1ncn2[C@@H]1O[C@H](CO)[C@@H](O)[C@H]1O. The molecule has 1 aliphatic rings. The summed E-state index contributed by atoms with van der Waals surface area (Å²) in [6.07, 6.45) is 0.133. The van der Waals surface area contributed by atoms with Gasteiger partial charge in [-0.05, 0) is 0 Å². The van der Waals surface area contributed by atoms with Crippen LogP contribution in [0.1, 0.15) is 6.23 Å². The first kappa shape index (κ1) is 13.4. The summed E-state index contributed by atoms with van der Waals surface area (Å²) >= 11 is 0. The van der Waals surface area contributed by atoms with Crippen LogP contribution in [0.3, 0.4) is 0 Å². The lowest BCUT2D eigenvalue weighted by atomic mass is 10.1. The summed E-state index contributed by atoms with van der Waals surface area (Å²) < 4.78 is 8.52. The number of ether oxygens (including phenoxy) is 1. The van der Waals surface area contributed by atoms with Gasteiger partial charge in [-0.2, -0.15) is 0 Å². The molecule has 0 spiro atoms. The van der Waals surface area contributed by atoms with E-state index < -0.39 is 36.7 Å². The number of nitrogens with one attached hydrogen (secondary N) is 1. The van der Waals surface area contributed by atoms with Crippen molar-refractivity contribution in [2.45, 2.75) is 24.5 Å². The lowest BCUT2D eigenvalue weighted by molar-refractivity contribution is -0.0511. The van der Waals surface area contributed by atoms with Crippen LogP contribution in [0, 0.1) is 0 Å². The van der Waals surface area contributed by atoms with Gasteiger partial charge in [0.15, 0.2) is 17.4 Å². The van der Waals surface area contributed by atoms with E-state index in [-0.39, 0.29) is 5.52 Å². The van der Waals surface area contributed by atoms with E-state index in [0.29, 0.717) is 11.4 Å². The normalized spacial score (nSPS) is 28.9. The summed E-state index contributed by atoms with van der Waals surface area (Å²) in [5.74, 6) is 0.325. The van der Waals surface area contributed by atoms with Crippen LogP contribution in [0.25, 0.3) is 16.9 Å². The van der Waals surface area contributed by atoms with Gasteiger partial charge in [-0.15, -0.1) is 0 Å². The Kier molecular flexibility index (Phi) is 2.81. The molecule has 3 aromatic heterocycles. The van der Waals surface area contributed by atoms with Gasteiger partial charge >= 0.3 is 0 Å². The molecule has 0 radical (unpaired) electrons. The average molecular weight is 307 g/mol. The molecule has 1 saturated heterocycles. The Balaban J connectivity index is 1.95. The zero-order valence-corrected chi connectivity index (χ0v) is 11.2. The summed E-state index contributed by atoms with van der Waals surface area (Å²) in [6, 6.07) is 0. The molecule has 0 bridgehead atoms. The molecule has 0 aromatic carbocycles. The van der Waals surface area contributed by atoms with Crippen LogP contribution in [-0.2, 0) is 4.74 Å². The highest BCUT2D eigenvalue weighted by atomic mass is 16.6. The van der Waals surface area contributed by atoms with E-state index in [1.54, 1.807) is 10.6 Å². The monoisotopic (exact) mass is 307 g/mol. The van der Waals surface area contributed by atoms with Crippen LogP contribution in [0.4, 0.5) is 0 Å². The molecule has 4 atom stereocenters. The molecule has 10 heteroatoms. The Labute approximate surface area is 122 Å². The highest BCUT2D eigenvalue weighted by molar-refractivity contribution is 5.72. The first-order chi connectivity index (χ1) is 10.6. The summed E-state index contributed by atoms with van der Waals surface area (Å²) in [5, 5.41) is 29.2. The molecule has 1 fully saturated rings. The van der Waals surface area contributed by atoms with Crippen molar-refractivity contribution in [3.8, 4) is 0 Å². The third-order valence-corrected chi connectivity index (χ3v) is 3.87. The number of nitrogens with zero attached hydrogens (tertiary/aromatic N) is 4. The predicted octanol–water partition coefficient (Wildman–Crippen LogP) is -2.02. The van der Waals surface area contributed by atoms with Crippen LogP contribution in [0.15, 0.2) is 23.5 Å². The van der Waals surface area contributed by atoms with Gasteiger partial charge in [-0.25, -0.2) is 9.97 Å². The number of fused-ring (bicyclic) bond motifs is 3. The fourth-order valence-electron chi connectivity index (χ4n) is 2.78. The first-order valence-electron chi connectivity index (χ1n) is 6.66. The number of H-pyrrole nitrogens is 1. The van der Waals surface area contributed by atoms with Gasteiger partial charge in [-0.3, -0.25) is 18.7 Å². The van der Waals surface area contributed by atoms with Crippen molar-refractivity contribution in [3.05, 3.63) is 29.1 Å². The quantitative estimate of drug-likeness (QED) is 0.429. The maximum Gasteiger partial charge on any atom is 0.280 e. The minimum absolute atomic E-state index is 0.156. The molecule has 10 nitrogen and oxygen atoms in total. The van der Waals surface area contributed by atoms with Crippen molar-refractivity contribution in [2.24, 2.45) is 0 Å². The van der Waals surface area contributed by atoms with Gasteiger partial charge in [0.25, 0.3) is 5.56 Å². The van der Waals surface area contributed by atoms with Crippen molar-refractivity contribution in [1.29, 1.82) is 0 Å². The van der Waals surface area contributed by atoms with E-state index >= 15 is 0 Å². The molecule has 22 heavy (non-hydrogen) atoms. The lowest BCUT2D eigenvalue weighted by Crippen LogP contribution is -2.33. The predicted molar refractivity (Wildman–Crippen MR) is 72.1 cm³/mol. The number of aromatic amines is 1. The Morgan fingerprint density at radius 1 is 1.32 bits per heavy atom. The summed E-state index contributed by atoms with van der Waals surface area (Å²) in [4.78, 5) is 22.6. The number of rotatable bonds is 2. The molecule has 0 aliphatic carbocycles. The van der Waals surface area contributed by atoms with Crippen LogP contribution in [0.5, 0.6) is 0 Å². The lowest BCUT2D eigenvalue weighted by Gasteiger charge is -2.17. The molecular formula is C12H13N5O5. The first-order valence-corrected chi connectivity index (χ1v) is 6.66. The smallest absolute Gasteiger partial charge is 0.280 e. The molecule has 0 saturated carbocycles. The average Bonchev–Trinajstić information content (AvgIpc) is 3.18. The zero-order valence-electron chi connectivity index (χ0n) is 11.2. The molecule has 4 rings (SSSR count). The van der Waals surface area contributed by atoms with E-state index in [9.17, 15) is 20.1 Å². The fraction of sp³-hybridized carbons (Fsp3) is 0.417. The van der Waals surface area contributed by atoms with Crippen molar-refractivity contribution in [3.63, 3.8) is 0 Å². The molecule has 116 valence electrons. The maximum absolute atomic E-state index is 12.0. The largest absolute Gasteiger partial charge is 0.394 e. The molecule has 3 aromatic rings. The highest BCUT2D eigenvalue weighted by Gasteiger charge is 2.44. The van der Waals surface area contributed by atoms with Crippen LogP contribution >= 0.6 is 0 Å². The topological polar surface area (TPSA) is 138 Å². The molecule has 4 N–H and O–H groups in total. The fourth-order valence-corrected chi connectivity index (χ4v) is 2.78. The number of aromatic nitrogens is 5. The molecule has 4 heterocycles. The van der Waals surface area contributed by atoms with Gasteiger partial charge < -0.3 is 20.1 Å². The van der Waals surface area contributed by atoms with Gasteiger partial charge in [0.05, 0.1) is 12.9 Å². The van der Waals surface area contributed by atoms with Crippen molar-refractivity contribution >= 4 is 16.9 Å². The highest BCUT2D eigenvalue weighted by Crippen LogP contribution is 2.31. The Bertz CT molecular complexity index is 898. The number of hydrogen-bond donors (Lipinski definition) is 4. The molecule has 0 amide bonds. The number of imidazole rings is 2. The third-order valence-electron chi connectivity index (χ3n) is 3.87. The Hall–Kier alpha value is -2.27. The number of hydrogen-bond acceptors (Lipinski definition) is 7. The second-order valence-corrected chi connectivity index (χ2v) is 5.13. The zero-order chi connectivity index (χ0) is 15.4. The number of aliphatic hydroxyl groups excluding tert-OH is 3. The van der Waals surface area contributed by atoms with E-state index in [4.69, 9.17) is 4.74 Å². The van der Waals surface area contributed by atoms with Crippen molar-refractivity contribution in [2.75, 3.05) is 6.61 Å². The second-order valence-electron chi connectivity index (χ2n) is 5.13. The second kappa shape index (κ2) is 4.61. The summed E-state index contributed by atoms with van der Waals surface area (Å²) in [6.45, 7) is -0.428. The van der Waals surface area contributed by atoms with E-state index in [0.717, 1.165) is 0 Å². The van der Waals surface area contributed by atoms with E-state index in [1.807, 2.05) is 0 Å². The summed E-state index contributed by atoms with van der Waals surface area (Å²) in [7, 11) is 0. The van der Waals surface area contributed by atoms with Gasteiger partial charge in [-0.1, -0.05) is 0 Å².